The van der Waals surface area contributed by atoms with Crippen molar-refractivity contribution in [2.75, 3.05) is 26.7 Å². The van der Waals surface area contributed by atoms with Crippen LogP contribution in [0.1, 0.15) is 36.7 Å². The molecule has 2 heterocycles. The molecule has 5 heteroatoms. The van der Waals surface area contributed by atoms with Crippen molar-refractivity contribution < 1.29 is 4.79 Å². The minimum absolute atomic E-state index is 0.120. The van der Waals surface area contributed by atoms with Crippen molar-refractivity contribution in [3.8, 4) is 0 Å². The molecular weight excluding hydrogens is 318 g/mol. The second-order valence-electron chi connectivity index (χ2n) is 5.64. The Bertz CT molecular complexity index is 452. The molecule has 112 valence electrons. The van der Waals surface area contributed by atoms with Gasteiger partial charge in [-0.05, 0) is 60.3 Å². The highest BCUT2D eigenvalue weighted by atomic mass is 79.9. The first-order valence-corrected chi connectivity index (χ1v) is 8.23. The number of carbonyl (C=O) groups excluding carboxylic acids is 1. The third-order valence-electron chi connectivity index (χ3n) is 3.82. The quantitative estimate of drug-likeness (QED) is 0.893. The largest absolute Gasteiger partial charge is 0.342 e. The van der Waals surface area contributed by atoms with E-state index in [1.165, 1.54) is 12.8 Å². The maximum absolute atomic E-state index is 12.6. The van der Waals surface area contributed by atoms with Crippen LogP contribution in [0.15, 0.2) is 16.7 Å². The summed E-state index contributed by atoms with van der Waals surface area (Å²) in [6.45, 7) is 5.98. The highest BCUT2D eigenvalue weighted by Gasteiger charge is 2.21. The van der Waals surface area contributed by atoms with Crippen LogP contribution in [0.5, 0.6) is 0 Å². The zero-order valence-electron chi connectivity index (χ0n) is 12.4. The van der Waals surface area contributed by atoms with Gasteiger partial charge in [0.2, 0.25) is 0 Å². The van der Waals surface area contributed by atoms with Crippen molar-refractivity contribution in [1.82, 2.24) is 14.8 Å². The normalized spacial score (nSPS) is 19.1. The van der Waals surface area contributed by atoms with Crippen molar-refractivity contribution in [1.29, 1.82) is 0 Å². The molecule has 20 heavy (non-hydrogen) atoms. The molecule has 2 rings (SSSR count). The van der Waals surface area contributed by atoms with Gasteiger partial charge >= 0.3 is 0 Å². The topological polar surface area (TPSA) is 37.3 Å². The summed E-state index contributed by atoms with van der Waals surface area (Å²) in [6.07, 6.45) is 5.44. The second kappa shape index (κ2) is 7.27. The summed E-state index contributed by atoms with van der Waals surface area (Å²) in [5, 5.41) is 3.40. The zero-order chi connectivity index (χ0) is 14.5. The number of amides is 1. The number of hydrogen-bond donors (Lipinski definition) is 1. The number of hydrogen-bond acceptors (Lipinski definition) is 2. The summed E-state index contributed by atoms with van der Waals surface area (Å²) in [5.74, 6) is 0.699. The molecule has 1 fully saturated rings. The van der Waals surface area contributed by atoms with Crippen LogP contribution in [0.4, 0.5) is 0 Å². The van der Waals surface area contributed by atoms with E-state index in [0.29, 0.717) is 5.92 Å². The van der Waals surface area contributed by atoms with Gasteiger partial charge in [-0.15, -0.1) is 0 Å². The summed E-state index contributed by atoms with van der Waals surface area (Å²) < 4.78 is 3.02. The Morgan fingerprint density at radius 3 is 3.05 bits per heavy atom. The average Bonchev–Trinajstić information content (AvgIpc) is 2.80. The van der Waals surface area contributed by atoms with Crippen molar-refractivity contribution in [3.05, 3.63) is 22.4 Å². The standard InChI is InChI=1S/C15H24BrN3O/c1-3-7-19-11-13(16)8-14(19)15(20)18(2)10-12-5-4-6-17-9-12/h8,11-12,17H,3-7,9-10H2,1-2H3. The molecule has 1 aliphatic heterocycles. The lowest BCUT2D eigenvalue weighted by Gasteiger charge is -2.27. The van der Waals surface area contributed by atoms with E-state index in [4.69, 9.17) is 0 Å². The number of rotatable bonds is 5. The minimum atomic E-state index is 0.120. The molecule has 1 saturated heterocycles. The highest BCUT2D eigenvalue weighted by Crippen LogP contribution is 2.18. The van der Waals surface area contributed by atoms with E-state index in [9.17, 15) is 4.79 Å². The number of aryl methyl sites for hydroxylation is 1. The third kappa shape index (κ3) is 3.85. The van der Waals surface area contributed by atoms with Crippen LogP contribution in [0.3, 0.4) is 0 Å². The number of carbonyl (C=O) groups is 1. The Morgan fingerprint density at radius 2 is 2.40 bits per heavy atom. The molecule has 4 nitrogen and oxygen atoms in total. The lowest BCUT2D eigenvalue weighted by Crippen LogP contribution is -2.39. The first-order chi connectivity index (χ1) is 9.61. The van der Waals surface area contributed by atoms with E-state index in [1.54, 1.807) is 0 Å². The fourth-order valence-corrected chi connectivity index (χ4v) is 3.29. The van der Waals surface area contributed by atoms with E-state index in [-0.39, 0.29) is 5.91 Å². The molecule has 1 aliphatic rings. The van der Waals surface area contributed by atoms with Gasteiger partial charge in [0.05, 0.1) is 0 Å². The fourth-order valence-electron chi connectivity index (χ4n) is 2.83. The summed E-state index contributed by atoms with van der Waals surface area (Å²) in [4.78, 5) is 14.5. The number of piperidine rings is 1. The molecule has 1 aromatic heterocycles. The second-order valence-corrected chi connectivity index (χ2v) is 6.55. The van der Waals surface area contributed by atoms with Gasteiger partial charge in [-0.3, -0.25) is 4.79 Å². The van der Waals surface area contributed by atoms with Crippen LogP contribution in [0.2, 0.25) is 0 Å². The number of nitrogens with one attached hydrogen (secondary N) is 1. The van der Waals surface area contributed by atoms with Crippen LogP contribution >= 0.6 is 15.9 Å². The summed E-state index contributed by atoms with van der Waals surface area (Å²) in [5.41, 5.74) is 0.782. The lowest BCUT2D eigenvalue weighted by atomic mass is 9.99. The summed E-state index contributed by atoms with van der Waals surface area (Å²) in [7, 11) is 1.91. The molecule has 0 bridgehead atoms. The molecule has 0 radical (unpaired) electrons. The molecule has 0 aliphatic carbocycles. The molecule has 1 aromatic rings. The van der Waals surface area contributed by atoms with Gasteiger partial charge in [-0.25, -0.2) is 0 Å². The van der Waals surface area contributed by atoms with E-state index >= 15 is 0 Å². The molecule has 1 N–H and O–H groups in total. The first kappa shape index (κ1) is 15.6. The third-order valence-corrected chi connectivity index (χ3v) is 4.26. The summed E-state index contributed by atoms with van der Waals surface area (Å²) in [6, 6.07) is 1.92. The Balaban J connectivity index is 2.01. The molecule has 1 amide bonds. The Hall–Kier alpha value is -0.810. The van der Waals surface area contributed by atoms with Crippen molar-refractivity contribution in [2.24, 2.45) is 5.92 Å². The minimum Gasteiger partial charge on any atom is -0.342 e. The fraction of sp³-hybridized carbons (Fsp3) is 0.667. The van der Waals surface area contributed by atoms with Crippen molar-refractivity contribution in [2.45, 2.75) is 32.7 Å². The van der Waals surface area contributed by atoms with Crippen molar-refractivity contribution >= 4 is 21.8 Å². The van der Waals surface area contributed by atoms with E-state index < -0.39 is 0 Å². The predicted octanol–water partition coefficient (Wildman–Crippen LogP) is 2.73. The molecule has 0 saturated carbocycles. The van der Waals surface area contributed by atoms with Crippen LogP contribution in [-0.4, -0.2) is 42.1 Å². The van der Waals surface area contributed by atoms with Crippen molar-refractivity contribution in [3.63, 3.8) is 0 Å². The van der Waals surface area contributed by atoms with Crippen LogP contribution in [0.25, 0.3) is 0 Å². The molecule has 1 unspecified atom stereocenters. The molecule has 0 spiro atoms. The molecule has 1 atom stereocenters. The number of aromatic nitrogens is 1. The van der Waals surface area contributed by atoms with Crippen LogP contribution in [-0.2, 0) is 6.54 Å². The maximum Gasteiger partial charge on any atom is 0.270 e. The van der Waals surface area contributed by atoms with E-state index in [1.807, 2.05) is 28.8 Å². The van der Waals surface area contributed by atoms with Gasteiger partial charge in [0.25, 0.3) is 5.91 Å². The number of nitrogens with zero attached hydrogens (tertiary/aromatic N) is 2. The van der Waals surface area contributed by atoms with Gasteiger partial charge in [0.15, 0.2) is 0 Å². The monoisotopic (exact) mass is 341 g/mol. The smallest absolute Gasteiger partial charge is 0.270 e. The predicted molar refractivity (Wildman–Crippen MR) is 85.0 cm³/mol. The van der Waals surface area contributed by atoms with Gasteiger partial charge in [0.1, 0.15) is 5.69 Å². The molecular formula is C15H24BrN3O. The Kier molecular flexibility index (Phi) is 5.66. The van der Waals surface area contributed by atoms with E-state index in [0.717, 1.165) is 42.8 Å². The molecule has 0 aromatic carbocycles. The van der Waals surface area contributed by atoms with Crippen LogP contribution < -0.4 is 5.32 Å². The lowest BCUT2D eigenvalue weighted by molar-refractivity contribution is 0.0754. The highest BCUT2D eigenvalue weighted by molar-refractivity contribution is 9.10. The van der Waals surface area contributed by atoms with E-state index in [2.05, 4.69) is 28.2 Å². The van der Waals surface area contributed by atoms with Crippen LogP contribution in [0, 0.1) is 5.92 Å². The zero-order valence-corrected chi connectivity index (χ0v) is 13.9. The first-order valence-electron chi connectivity index (χ1n) is 7.43. The Morgan fingerprint density at radius 1 is 1.60 bits per heavy atom. The SMILES string of the molecule is CCCn1cc(Br)cc1C(=O)N(C)CC1CCCNC1. The van der Waals surface area contributed by atoms with Gasteiger partial charge in [-0.1, -0.05) is 6.92 Å². The van der Waals surface area contributed by atoms with Gasteiger partial charge in [0, 0.05) is 30.8 Å². The average molecular weight is 342 g/mol. The Labute approximate surface area is 129 Å². The summed E-state index contributed by atoms with van der Waals surface area (Å²) >= 11 is 3.47. The van der Waals surface area contributed by atoms with Gasteiger partial charge < -0.3 is 14.8 Å². The maximum atomic E-state index is 12.6. The number of halogens is 1. The van der Waals surface area contributed by atoms with Gasteiger partial charge in [-0.2, -0.15) is 0 Å².